The molecule has 0 saturated heterocycles. The van der Waals surface area contributed by atoms with Crippen LogP contribution in [-0.2, 0) is 0 Å². The van der Waals surface area contributed by atoms with Crippen LogP contribution in [0.15, 0.2) is 18.2 Å². The summed E-state index contributed by atoms with van der Waals surface area (Å²) in [6.07, 6.45) is 4.59. The molecule has 4 heteroatoms. The Kier molecular flexibility index (Phi) is 5.10. The third-order valence-corrected chi connectivity index (χ3v) is 4.35. The van der Waals surface area contributed by atoms with Crippen LogP contribution in [0.25, 0.3) is 0 Å². The van der Waals surface area contributed by atoms with E-state index in [1.165, 1.54) is 12.8 Å². The van der Waals surface area contributed by atoms with Crippen molar-refractivity contribution in [1.82, 2.24) is 4.90 Å². The third kappa shape index (κ3) is 3.49. The topological polar surface area (TPSA) is 55.6 Å². The number of carbonyl (C=O) groups excluding carboxylic acids is 1. The molecule has 1 aliphatic rings. The van der Waals surface area contributed by atoms with Gasteiger partial charge in [-0.05, 0) is 37.8 Å². The van der Waals surface area contributed by atoms with Gasteiger partial charge in [-0.3, -0.25) is 4.79 Å². The number of carbonyl (C=O) groups is 1. The summed E-state index contributed by atoms with van der Waals surface area (Å²) in [6, 6.07) is 5.69. The smallest absolute Gasteiger partial charge is 0.259 e. The fourth-order valence-electron chi connectivity index (χ4n) is 3.15. The van der Waals surface area contributed by atoms with E-state index in [0.717, 1.165) is 12.8 Å². The molecule has 1 aromatic rings. The molecule has 1 fully saturated rings. The van der Waals surface area contributed by atoms with Gasteiger partial charge in [0.25, 0.3) is 5.91 Å². The molecule has 2 atom stereocenters. The molecule has 1 aromatic carbocycles. The zero-order valence-corrected chi connectivity index (χ0v) is 13.3. The van der Waals surface area contributed by atoms with E-state index in [1.54, 1.807) is 6.07 Å². The maximum atomic E-state index is 12.8. The number of nitrogens with two attached hydrogens (primary N) is 1. The lowest BCUT2D eigenvalue weighted by Gasteiger charge is -2.34. The Morgan fingerprint density at radius 3 is 2.86 bits per heavy atom. The van der Waals surface area contributed by atoms with Gasteiger partial charge in [-0.1, -0.05) is 25.8 Å². The number of hydrogen-bond donors (Lipinski definition) is 1. The van der Waals surface area contributed by atoms with Crippen LogP contribution in [0.1, 0.15) is 49.9 Å². The van der Waals surface area contributed by atoms with Crippen molar-refractivity contribution in [3.8, 4) is 5.75 Å². The molecule has 2 rings (SSSR count). The molecule has 0 spiro atoms. The Morgan fingerprint density at radius 1 is 1.43 bits per heavy atom. The monoisotopic (exact) mass is 290 g/mol. The molecule has 0 heterocycles. The summed E-state index contributed by atoms with van der Waals surface area (Å²) in [5.74, 6) is 1.23. The molecule has 2 unspecified atom stereocenters. The number of rotatable bonds is 4. The molecular weight excluding hydrogens is 264 g/mol. The van der Waals surface area contributed by atoms with Crippen molar-refractivity contribution in [3.05, 3.63) is 23.8 Å². The molecule has 1 saturated carbocycles. The molecule has 0 aliphatic heterocycles. The molecule has 21 heavy (non-hydrogen) atoms. The molecule has 0 aromatic heterocycles. The van der Waals surface area contributed by atoms with E-state index < -0.39 is 0 Å². The first-order chi connectivity index (χ1) is 10.0. The van der Waals surface area contributed by atoms with Crippen molar-refractivity contribution in [3.63, 3.8) is 0 Å². The number of ether oxygens (including phenoxy) is 1. The van der Waals surface area contributed by atoms with Crippen LogP contribution >= 0.6 is 0 Å². The van der Waals surface area contributed by atoms with Crippen molar-refractivity contribution >= 4 is 11.6 Å². The first-order valence-electron chi connectivity index (χ1n) is 7.83. The summed E-state index contributed by atoms with van der Waals surface area (Å²) in [5.41, 5.74) is 7.01. The van der Waals surface area contributed by atoms with Gasteiger partial charge in [-0.15, -0.1) is 0 Å². The maximum absolute atomic E-state index is 12.8. The predicted molar refractivity (Wildman–Crippen MR) is 85.5 cm³/mol. The Labute approximate surface area is 127 Å². The van der Waals surface area contributed by atoms with Crippen LogP contribution in [0.2, 0.25) is 0 Å². The highest BCUT2D eigenvalue weighted by Crippen LogP contribution is 2.31. The fourth-order valence-corrected chi connectivity index (χ4v) is 3.15. The van der Waals surface area contributed by atoms with Crippen LogP contribution in [0.4, 0.5) is 5.69 Å². The average Bonchev–Trinajstić information content (AvgIpc) is 2.46. The second-order valence-corrected chi connectivity index (χ2v) is 6.00. The Hall–Kier alpha value is -1.71. The van der Waals surface area contributed by atoms with Crippen LogP contribution in [0.5, 0.6) is 5.75 Å². The largest absolute Gasteiger partial charge is 0.493 e. The minimum absolute atomic E-state index is 0.0318. The summed E-state index contributed by atoms with van der Waals surface area (Å²) in [7, 11) is 1.88. The predicted octanol–water partition coefficient (Wildman–Crippen LogP) is 3.32. The lowest BCUT2D eigenvalue weighted by molar-refractivity contribution is 0.0669. The highest BCUT2D eigenvalue weighted by molar-refractivity contribution is 6.01. The third-order valence-electron chi connectivity index (χ3n) is 4.35. The molecular formula is C17H26N2O2. The zero-order chi connectivity index (χ0) is 15.4. The molecule has 1 amide bonds. The van der Waals surface area contributed by atoms with Gasteiger partial charge in [0.2, 0.25) is 0 Å². The van der Waals surface area contributed by atoms with Crippen LogP contribution in [0.3, 0.4) is 0 Å². The Bertz CT molecular complexity index is 502. The lowest BCUT2D eigenvalue weighted by Crippen LogP contribution is -2.40. The molecule has 4 nitrogen and oxygen atoms in total. The van der Waals surface area contributed by atoms with E-state index >= 15 is 0 Å². The highest BCUT2D eigenvalue weighted by Gasteiger charge is 2.28. The van der Waals surface area contributed by atoms with Gasteiger partial charge in [-0.2, -0.15) is 0 Å². The minimum Gasteiger partial charge on any atom is -0.493 e. The van der Waals surface area contributed by atoms with Crippen molar-refractivity contribution in [2.24, 2.45) is 5.92 Å². The van der Waals surface area contributed by atoms with E-state index in [1.807, 2.05) is 31.0 Å². The average molecular weight is 290 g/mol. The molecule has 1 aliphatic carbocycles. The SMILES string of the molecule is CCOc1cccc(N)c1C(=O)N(C)C1CCCC(C)C1. The quantitative estimate of drug-likeness (QED) is 0.865. The minimum atomic E-state index is -0.0318. The zero-order valence-electron chi connectivity index (χ0n) is 13.3. The molecule has 116 valence electrons. The van der Waals surface area contributed by atoms with E-state index in [-0.39, 0.29) is 5.91 Å². The van der Waals surface area contributed by atoms with E-state index in [2.05, 4.69) is 6.92 Å². The standard InChI is InChI=1S/C17H26N2O2/c1-4-21-15-10-6-9-14(18)16(15)17(20)19(3)13-8-5-7-12(2)11-13/h6,9-10,12-13H,4-5,7-8,11,18H2,1-3H3. The number of benzene rings is 1. The normalized spacial score (nSPS) is 21.9. The second-order valence-electron chi connectivity index (χ2n) is 6.00. The van der Waals surface area contributed by atoms with Gasteiger partial charge in [0.1, 0.15) is 11.3 Å². The van der Waals surface area contributed by atoms with E-state index in [0.29, 0.717) is 35.6 Å². The summed E-state index contributed by atoms with van der Waals surface area (Å²) in [4.78, 5) is 14.7. The number of anilines is 1. The van der Waals surface area contributed by atoms with Gasteiger partial charge in [-0.25, -0.2) is 0 Å². The number of hydrogen-bond acceptors (Lipinski definition) is 3. The first kappa shape index (κ1) is 15.7. The Morgan fingerprint density at radius 2 is 2.19 bits per heavy atom. The van der Waals surface area contributed by atoms with Gasteiger partial charge in [0, 0.05) is 18.8 Å². The van der Waals surface area contributed by atoms with Gasteiger partial charge >= 0.3 is 0 Å². The van der Waals surface area contributed by atoms with Crippen LogP contribution < -0.4 is 10.5 Å². The van der Waals surface area contributed by atoms with E-state index in [4.69, 9.17) is 10.5 Å². The van der Waals surface area contributed by atoms with Gasteiger partial charge in [0.05, 0.1) is 6.61 Å². The van der Waals surface area contributed by atoms with Crippen molar-refractivity contribution in [2.75, 3.05) is 19.4 Å². The van der Waals surface area contributed by atoms with Crippen LogP contribution in [0, 0.1) is 5.92 Å². The highest BCUT2D eigenvalue weighted by atomic mass is 16.5. The van der Waals surface area contributed by atoms with Crippen molar-refractivity contribution in [1.29, 1.82) is 0 Å². The van der Waals surface area contributed by atoms with Crippen molar-refractivity contribution in [2.45, 2.75) is 45.6 Å². The van der Waals surface area contributed by atoms with Gasteiger partial charge in [0.15, 0.2) is 0 Å². The summed E-state index contributed by atoms with van der Waals surface area (Å²) in [6.45, 7) is 4.69. The van der Waals surface area contributed by atoms with E-state index in [9.17, 15) is 4.79 Å². The number of nitrogen functional groups attached to an aromatic ring is 1. The Balaban J connectivity index is 2.22. The summed E-state index contributed by atoms with van der Waals surface area (Å²) < 4.78 is 5.57. The second kappa shape index (κ2) is 6.83. The first-order valence-corrected chi connectivity index (χ1v) is 7.83. The van der Waals surface area contributed by atoms with Crippen LogP contribution in [-0.4, -0.2) is 30.5 Å². The maximum Gasteiger partial charge on any atom is 0.259 e. The lowest BCUT2D eigenvalue weighted by atomic mass is 9.86. The van der Waals surface area contributed by atoms with Crippen molar-refractivity contribution < 1.29 is 9.53 Å². The molecule has 2 N–H and O–H groups in total. The van der Waals surface area contributed by atoms with Gasteiger partial charge < -0.3 is 15.4 Å². The summed E-state index contributed by atoms with van der Waals surface area (Å²) in [5, 5.41) is 0. The molecule has 0 bridgehead atoms. The number of nitrogens with zero attached hydrogens (tertiary/aromatic N) is 1. The summed E-state index contributed by atoms with van der Waals surface area (Å²) >= 11 is 0. The number of amides is 1. The fraction of sp³-hybridized carbons (Fsp3) is 0.588. The molecule has 0 radical (unpaired) electrons.